The van der Waals surface area contributed by atoms with Gasteiger partial charge in [0.2, 0.25) is 0 Å². The number of rotatable bonds is 5. The van der Waals surface area contributed by atoms with Gasteiger partial charge in [-0.3, -0.25) is 9.69 Å². The van der Waals surface area contributed by atoms with Crippen molar-refractivity contribution in [2.45, 2.75) is 44.9 Å². The number of piperidine rings is 1. The lowest BCUT2D eigenvalue weighted by Crippen LogP contribution is -2.52. The molecule has 1 heterocycles. The second-order valence-corrected chi connectivity index (χ2v) is 5.93. The van der Waals surface area contributed by atoms with Crippen molar-refractivity contribution in [1.29, 1.82) is 0 Å². The first-order valence-electron chi connectivity index (χ1n) is 7.80. The quantitative estimate of drug-likeness (QED) is 0.775. The van der Waals surface area contributed by atoms with E-state index in [4.69, 9.17) is 4.74 Å². The zero-order valence-electron chi connectivity index (χ0n) is 13.5. The fourth-order valence-corrected chi connectivity index (χ4v) is 2.88. The molecule has 4 heteroatoms. The van der Waals surface area contributed by atoms with E-state index in [-0.39, 0.29) is 24.5 Å². The number of benzene rings is 1. The minimum Gasteiger partial charge on any atom is -0.445 e. The Morgan fingerprint density at radius 3 is 2.65 bits per heavy atom. The molecule has 122 valence electrons. The largest absolute Gasteiger partial charge is 0.445 e. The van der Waals surface area contributed by atoms with E-state index in [9.17, 15) is 9.59 Å². The standard InChI is InChI=1S/C19H23NO3/c1-4-8-16-11-17(21)12-18(14(2)3)20(16)19(22)23-13-15-9-6-5-7-10-15/h4-7,9-10,16,18H,1-2,8,11-13H2,3H3/t16-,18-/m0/s1. The van der Waals surface area contributed by atoms with Gasteiger partial charge in [0.15, 0.2) is 0 Å². The smallest absolute Gasteiger partial charge is 0.410 e. The Balaban J connectivity index is 2.12. The van der Waals surface area contributed by atoms with E-state index in [1.165, 1.54) is 0 Å². The van der Waals surface area contributed by atoms with Crippen LogP contribution in [-0.2, 0) is 16.1 Å². The van der Waals surface area contributed by atoms with Crippen LogP contribution in [0.2, 0.25) is 0 Å². The number of ketones is 1. The summed E-state index contributed by atoms with van der Waals surface area (Å²) in [6.45, 7) is 9.71. The van der Waals surface area contributed by atoms with Crippen LogP contribution < -0.4 is 0 Å². The zero-order chi connectivity index (χ0) is 16.8. The minimum absolute atomic E-state index is 0.150. The molecule has 1 aromatic rings. The molecule has 1 fully saturated rings. The minimum atomic E-state index is -0.402. The summed E-state index contributed by atoms with van der Waals surface area (Å²) >= 11 is 0. The van der Waals surface area contributed by atoms with Gasteiger partial charge in [-0.25, -0.2) is 4.79 Å². The molecule has 1 aliphatic rings. The molecule has 1 aromatic carbocycles. The third kappa shape index (κ3) is 4.31. The molecule has 0 N–H and O–H groups in total. The van der Waals surface area contributed by atoms with E-state index < -0.39 is 6.09 Å². The molecule has 2 atom stereocenters. The third-order valence-corrected chi connectivity index (χ3v) is 4.04. The molecular weight excluding hydrogens is 290 g/mol. The van der Waals surface area contributed by atoms with Crippen LogP contribution in [0.5, 0.6) is 0 Å². The predicted octanol–water partition coefficient (Wildman–Crippen LogP) is 3.88. The van der Waals surface area contributed by atoms with Gasteiger partial charge in [-0.15, -0.1) is 6.58 Å². The van der Waals surface area contributed by atoms with Gasteiger partial charge in [0, 0.05) is 18.9 Å². The van der Waals surface area contributed by atoms with E-state index in [2.05, 4.69) is 13.2 Å². The summed E-state index contributed by atoms with van der Waals surface area (Å²) < 4.78 is 5.46. The molecule has 1 aliphatic heterocycles. The Labute approximate surface area is 137 Å². The number of carbonyl (C=O) groups is 2. The first-order chi connectivity index (χ1) is 11.0. The number of nitrogens with zero attached hydrogens (tertiary/aromatic N) is 1. The van der Waals surface area contributed by atoms with Crippen LogP contribution in [0.25, 0.3) is 0 Å². The number of hydrogen-bond acceptors (Lipinski definition) is 3. The number of ether oxygens (including phenoxy) is 1. The molecule has 0 radical (unpaired) electrons. The van der Waals surface area contributed by atoms with Crippen molar-refractivity contribution in [3.05, 3.63) is 60.7 Å². The van der Waals surface area contributed by atoms with E-state index in [1.807, 2.05) is 37.3 Å². The van der Waals surface area contributed by atoms with Crippen LogP contribution >= 0.6 is 0 Å². The number of hydrogen-bond donors (Lipinski definition) is 0. The summed E-state index contributed by atoms with van der Waals surface area (Å²) in [4.78, 5) is 26.2. The van der Waals surface area contributed by atoms with Gasteiger partial charge < -0.3 is 4.74 Å². The van der Waals surface area contributed by atoms with Gasteiger partial charge in [-0.1, -0.05) is 48.6 Å². The average Bonchev–Trinajstić information content (AvgIpc) is 2.53. The normalized spacial score (nSPS) is 20.9. The first-order valence-corrected chi connectivity index (χ1v) is 7.80. The monoisotopic (exact) mass is 313 g/mol. The van der Waals surface area contributed by atoms with E-state index in [0.717, 1.165) is 11.1 Å². The SMILES string of the molecule is C=CC[C@H]1CC(=O)C[C@@H](C(=C)C)N1C(=O)OCc1ccccc1. The van der Waals surface area contributed by atoms with Crippen LogP contribution in [0.15, 0.2) is 55.1 Å². The first kappa shape index (κ1) is 17.0. The van der Waals surface area contributed by atoms with Crippen LogP contribution in [0.4, 0.5) is 4.79 Å². The maximum absolute atomic E-state index is 12.6. The van der Waals surface area contributed by atoms with Gasteiger partial charge in [0.1, 0.15) is 12.4 Å². The van der Waals surface area contributed by atoms with Gasteiger partial charge in [0.05, 0.1) is 6.04 Å². The molecule has 0 bridgehead atoms. The lowest BCUT2D eigenvalue weighted by molar-refractivity contribution is -0.124. The van der Waals surface area contributed by atoms with Gasteiger partial charge in [-0.05, 0) is 18.9 Å². The van der Waals surface area contributed by atoms with E-state index >= 15 is 0 Å². The summed E-state index contributed by atoms with van der Waals surface area (Å²) in [5.41, 5.74) is 1.73. The van der Waals surface area contributed by atoms with Crippen molar-refractivity contribution in [3.8, 4) is 0 Å². The van der Waals surface area contributed by atoms with Crippen molar-refractivity contribution in [2.75, 3.05) is 0 Å². The zero-order valence-corrected chi connectivity index (χ0v) is 13.5. The predicted molar refractivity (Wildman–Crippen MR) is 89.9 cm³/mol. The number of likely N-dealkylation sites (tertiary alicyclic amines) is 1. The topological polar surface area (TPSA) is 46.6 Å². The fraction of sp³-hybridized carbons (Fsp3) is 0.368. The maximum atomic E-state index is 12.6. The maximum Gasteiger partial charge on any atom is 0.410 e. The molecule has 0 aliphatic carbocycles. The molecule has 1 saturated heterocycles. The molecule has 0 spiro atoms. The lowest BCUT2D eigenvalue weighted by Gasteiger charge is -2.40. The van der Waals surface area contributed by atoms with E-state index in [0.29, 0.717) is 19.3 Å². The molecular formula is C19H23NO3. The van der Waals surface area contributed by atoms with Crippen molar-refractivity contribution < 1.29 is 14.3 Å². The summed E-state index contributed by atoms with van der Waals surface area (Å²) in [6.07, 6.45) is 2.55. The van der Waals surface area contributed by atoms with Gasteiger partial charge in [0.25, 0.3) is 0 Å². The third-order valence-electron chi connectivity index (χ3n) is 4.04. The van der Waals surface area contributed by atoms with E-state index in [1.54, 1.807) is 11.0 Å². The van der Waals surface area contributed by atoms with Gasteiger partial charge in [-0.2, -0.15) is 0 Å². The Kier molecular flexibility index (Phi) is 5.74. The Hall–Kier alpha value is -2.36. The highest BCUT2D eigenvalue weighted by atomic mass is 16.6. The summed E-state index contributed by atoms with van der Waals surface area (Å²) in [5, 5.41) is 0. The molecule has 0 unspecified atom stereocenters. The Morgan fingerprint density at radius 1 is 1.35 bits per heavy atom. The lowest BCUT2D eigenvalue weighted by atomic mass is 9.90. The highest BCUT2D eigenvalue weighted by Gasteiger charge is 2.38. The number of carbonyl (C=O) groups excluding carboxylic acids is 2. The second-order valence-electron chi connectivity index (χ2n) is 5.93. The van der Waals surface area contributed by atoms with Gasteiger partial charge >= 0.3 is 6.09 Å². The molecule has 4 nitrogen and oxygen atoms in total. The highest BCUT2D eigenvalue weighted by molar-refractivity contribution is 5.83. The Bertz CT molecular complexity index is 594. The van der Waals surface area contributed by atoms with Crippen LogP contribution in [0, 0.1) is 0 Å². The second kappa shape index (κ2) is 7.77. The van der Waals surface area contributed by atoms with Crippen LogP contribution in [0.1, 0.15) is 31.7 Å². The van der Waals surface area contributed by atoms with Crippen molar-refractivity contribution in [3.63, 3.8) is 0 Å². The number of Topliss-reactive ketones (excluding diaryl/α,β-unsaturated/α-hetero) is 1. The molecule has 2 rings (SSSR count). The van der Waals surface area contributed by atoms with Crippen molar-refractivity contribution >= 4 is 11.9 Å². The Morgan fingerprint density at radius 2 is 2.04 bits per heavy atom. The van der Waals surface area contributed by atoms with Crippen LogP contribution in [0.3, 0.4) is 0 Å². The van der Waals surface area contributed by atoms with Crippen molar-refractivity contribution in [1.82, 2.24) is 4.90 Å². The fourth-order valence-electron chi connectivity index (χ4n) is 2.88. The summed E-state index contributed by atoms with van der Waals surface area (Å²) in [5.74, 6) is 0.150. The molecule has 0 aromatic heterocycles. The molecule has 23 heavy (non-hydrogen) atoms. The van der Waals surface area contributed by atoms with Crippen molar-refractivity contribution in [2.24, 2.45) is 0 Å². The highest BCUT2D eigenvalue weighted by Crippen LogP contribution is 2.28. The van der Waals surface area contributed by atoms with Crippen LogP contribution in [-0.4, -0.2) is 28.9 Å². The summed E-state index contributed by atoms with van der Waals surface area (Å²) in [6, 6.07) is 9.02. The number of amides is 1. The summed E-state index contributed by atoms with van der Waals surface area (Å²) in [7, 11) is 0. The molecule has 0 saturated carbocycles. The molecule has 1 amide bonds. The average molecular weight is 313 g/mol.